The van der Waals surface area contributed by atoms with Gasteiger partial charge in [-0.25, -0.2) is 8.78 Å². The molecule has 4 heteroatoms. The van der Waals surface area contributed by atoms with E-state index in [1.165, 1.54) is 12.1 Å². The molecule has 0 aliphatic carbocycles. The van der Waals surface area contributed by atoms with Crippen LogP contribution in [0.15, 0.2) is 42.5 Å². The number of halogens is 2. The second-order valence-electron chi connectivity index (χ2n) is 4.55. The van der Waals surface area contributed by atoms with E-state index in [-0.39, 0.29) is 17.8 Å². The molecule has 0 amide bonds. The summed E-state index contributed by atoms with van der Waals surface area (Å²) in [5.41, 5.74) is 7.04. The molecule has 2 nitrogen and oxygen atoms in total. The second-order valence-corrected chi connectivity index (χ2v) is 4.55. The minimum atomic E-state index is -0.958. The van der Waals surface area contributed by atoms with Crippen molar-refractivity contribution in [2.45, 2.75) is 12.8 Å². The number of ketones is 1. The zero-order chi connectivity index (χ0) is 14.5. The Hall–Kier alpha value is -2.07. The maximum atomic E-state index is 13.5. The highest BCUT2D eigenvalue weighted by Gasteiger charge is 2.13. The van der Waals surface area contributed by atoms with Gasteiger partial charge in [0.1, 0.15) is 0 Å². The average Bonchev–Trinajstić information content (AvgIpc) is 2.45. The van der Waals surface area contributed by atoms with E-state index in [1.807, 2.05) is 12.1 Å². The average molecular weight is 275 g/mol. The third-order valence-corrected chi connectivity index (χ3v) is 3.09. The number of carbonyl (C=O) groups excluding carboxylic acids is 1. The predicted molar refractivity (Wildman–Crippen MR) is 73.6 cm³/mol. The van der Waals surface area contributed by atoms with Crippen molar-refractivity contribution in [2.24, 2.45) is 5.73 Å². The van der Waals surface area contributed by atoms with E-state index in [0.717, 1.165) is 18.1 Å². The number of rotatable bonds is 5. The van der Waals surface area contributed by atoms with Gasteiger partial charge in [-0.05, 0) is 30.2 Å². The fraction of sp³-hybridized carbons (Fsp3) is 0.188. The number of hydrogen-bond acceptors (Lipinski definition) is 2. The number of Topliss-reactive ketones (excluding diaryl/α,β-unsaturated/α-hetero) is 1. The van der Waals surface area contributed by atoms with Crippen LogP contribution in [0.2, 0.25) is 0 Å². The van der Waals surface area contributed by atoms with Gasteiger partial charge in [-0.15, -0.1) is 0 Å². The van der Waals surface area contributed by atoms with Crippen molar-refractivity contribution in [3.05, 3.63) is 70.8 Å². The Bertz CT molecular complexity index is 608. The lowest BCUT2D eigenvalue weighted by atomic mass is 10.0. The lowest BCUT2D eigenvalue weighted by Crippen LogP contribution is -2.07. The van der Waals surface area contributed by atoms with Crippen LogP contribution in [0, 0.1) is 11.6 Å². The fourth-order valence-electron chi connectivity index (χ4n) is 1.98. The van der Waals surface area contributed by atoms with Crippen molar-refractivity contribution in [1.29, 1.82) is 0 Å². The quantitative estimate of drug-likeness (QED) is 0.853. The molecular formula is C16H15F2NO. The molecule has 0 saturated carbocycles. The number of hydrogen-bond donors (Lipinski definition) is 1. The predicted octanol–water partition coefficient (Wildman–Crippen LogP) is 2.89. The van der Waals surface area contributed by atoms with Crippen LogP contribution in [-0.4, -0.2) is 12.3 Å². The Morgan fingerprint density at radius 3 is 2.40 bits per heavy atom. The summed E-state index contributed by atoms with van der Waals surface area (Å²) < 4.78 is 26.6. The summed E-state index contributed by atoms with van der Waals surface area (Å²) in [4.78, 5) is 12.0. The molecule has 0 saturated heterocycles. The van der Waals surface area contributed by atoms with Gasteiger partial charge in [0.15, 0.2) is 17.4 Å². The lowest BCUT2D eigenvalue weighted by Gasteiger charge is -2.05. The van der Waals surface area contributed by atoms with Crippen molar-refractivity contribution >= 4 is 5.78 Å². The van der Waals surface area contributed by atoms with Gasteiger partial charge in [-0.1, -0.05) is 36.4 Å². The molecule has 0 spiro atoms. The fourth-order valence-corrected chi connectivity index (χ4v) is 1.98. The Balaban J connectivity index is 2.13. The van der Waals surface area contributed by atoms with Crippen molar-refractivity contribution in [1.82, 2.24) is 0 Å². The van der Waals surface area contributed by atoms with E-state index >= 15 is 0 Å². The summed E-state index contributed by atoms with van der Waals surface area (Å²) >= 11 is 0. The molecule has 0 unspecified atom stereocenters. The molecule has 0 aliphatic rings. The Morgan fingerprint density at radius 1 is 1.05 bits per heavy atom. The van der Waals surface area contributed by atoms with E-state index in [4.69, 9.17) is 5.73 Å². The Labute approximate surface area is 116 Å². The van der Waals surface area contributed by atoms with Crippen LogP contribution in [-0.2, 0) is 12.8 Å². The summed E-state index contributed by atoms with van der Waals surface area (Å²) in [5.74, 6) is -2.14. The molecule has 20 heavy (non-hydrogen) atoms. The maximum Gasteiger partial charge on any atom is 0.167 e. The number of nitrogens with two attached hydrogens (primary N) is 1. The van der Waals surface area contributed by atoms with Gasteiger partial charge in [0.05, 0.1) is 0 Å². The Kier molecular flexibility index (Phi) is 4.58. The first kappa shape index (κ1) is 14.3. The van der Waals surface area contributed by atoms with Crippen molar-refractivity contribution in [3.8, 4) is 0 Å². The SMILES string of the molecule is NCCc1ccc(C(=O)Cc2cccc(F)c2F)cc1. The summed E-state index contributed by atoms with van der Waals surface area (Å²) in [7, 11) is 0. The third-order valence-electron chi connectivity index (χ3n) is 3.09. The van der Waals surface area contributed by atoms with E-state index in [1.54, 1.807) is 12.1 Å². The largest absolute Gasteiger partial charge is 0.330 e. The van der Waals surface area contributed by atoms with Gasteiger partial charge in [0.2, 0.25) is 0 Å². The van der Waals surface area contributed by atoms with Crippen molar-refractivity contribution in [2.75, 3.05) is 6.54 Å². The standard InChI is InChI=1S/C16H15F2NO/c17-14-3-1-2-13(16(14)18)10-15(20)12-6-4-11(5-7-12)8-9-19/h1-7H,8-10,19H2. The molecule has 2 rings (SSSR count). The van der Waals surface area contributed by atoms with Gasteiger partial charge in [0.25, 0.3) is 0 Å². The van der Waals surface area contributed by atoms with E-state index in [0.29, 0.717) is 12.1 Å². The monoisotopic (exact) mass is 275 g/mol. The molecule has 2 aromatic rings. The summed E-state index contributed by atoms with van der Waals surface area (Å²) in [6.07, 6.45) is 0.590. The summed E-state index contributed by atoms with van der Waals surface area (Å²) in [6.45, 7) is 0.543. The molecule has 0 bridgehead atoms. The van der Waals surface area contributed by atoms with Crippen molar-refractivity contribution < 1.29 is 13.6 Å². The highest BCUT2D eigenvalue weighted by atomic mass is 19.2. The van der Waals surface area contributed by atoms with Gasteiger partial charge in [-0.3, -0.25) is 4.79 Å². The first-order chi connectivity index (χ1) is 9.61. The van der Waals surface area contributed by atoms with Crippen molar-refractivity contribution in [3.63, 3.8) is 0 Å². The molecule has 2 N–H and O–H groups in total. The zero-order valence-corrected chi connectivity index (χ0v) is 10.9. The maximum absolute atomic E-state index is 13.5. The summed E-state index contributed by atoms with van der Waals surface area (Å²) in [6, 6.07) is 10.9. The van der Waals surface area contributed by atoms with Gasteiger partial charge >= 0.3 is 0 Å². The van der Waals surface area contributed by atoms with E-state index in [2.05, 4.69) is 0 Å². The Morgan fingerprint density at radius 2 is 1.75 bits per heavy atom. The van der Waals surface area contributed by atoms with Gasteiger partial charge in [-0.2, -0.15) is 0 Å². The first-order valence-corrected chi connectivity index (χ1v) is 6.37. The second kappa shape index (κ2) is 6.39. The highest BCUT2D eigenvalue weighted by Crippen LogP contribution is 2.15. The van der Waals surface area contributed by atoms with Crippen LogP contribution < -0.4 is 5.73 Å². The third kappa shape index (κ3) is 3.27. The zero-order valence-electron chi connectivity index (χ0n) is 10.9. The molecule has 0 atom stereocenters. The van der Waals surface area contributed by atoms with E-state index < -0.39 is 11.6 Å². The van der Waals surface area contributed by atoms with Crippen LogP contribution in [0.4, 0.5) is 8.78 Å². The topological polar surface area (TPSA) is 43.1 Å². The van der Waals surface area contributed by atoms with Crippen LogP contribution in [0.3, 0.4) is 0 Å². The highest BCUT2D eigenvalue weighted by molar-refractivity contribution is 5.97. The van der Waals surface area contributed by atoms with Crippen LogP contribution >= 0.6 is 0 Å². The normalized spacial score (nSPS) is 10.6. The lowest BCUT2D eigenvalue weighted by molar-refractivity contribution is 0.0991. The van der Waals surface area contributed by atoms with Crippen LogP contribution in [0.25, 0.3) is 0 Å². The summed E-state index contributed by atoms with van der Waals surface area (Å²) in [5, 5.41) is 0. The number of benzene rings is 2. The van der Waals surface area contributed by atoms with Gasteiger partial charge in [0, 0.05) is 12.0 Å². The molecule has 0 aromatic heterocycles. The molecule has 2 aromatic carbocycles. The minimum absolute atomic E-state index is 0.0704. The molecule has 0 fully saturated rings. The molecular weight excluding hydrogens is 260 g/mol. The molecule has 0 aliphatic heterocycles. The smallest absolute Gasteiger partial charge is 0.167 e. The molecule has 0 heterocycles. The number of carbonyl (C=O) groups is 1. The first-order valence-electron chi connectivity index (χ1n) is 6.37. The van der Waals surface area contributed by atoms with E-state index in [9.17, 15) is 13.6 Å². The van der Waals surface area contributed by atoms with Crippen LogP contribution in [0.5, 0.6) is 0 Å². The minimum Gasteiger partial charge on any atom is -0.330 e. The van der Waals surface area contributed by atoms with Gasteiger partial charge < -0.3 is 5.73 Å². The van der Waals surface area contributed by atoms with Crippen LogP contribution in [0.1, 0.15) is 21.5 Å². The molecule has 104 valence electrons. The molecule has 0 radical (unpaired) electrons.